The molecule has 0 aromatic carbocycles. The van der Waals surface area contributed by atoms with Gasteiger partial charge in [0.2, 0.25) is 0 Å². The zero-order valence-corrected chi connectivity index (χ0v) is 14.6. The van der Waals surface area contributed by atoms with Gasteiger partial charge in [0, 0.05) is 39.1 Å². The summed E-state index contributed by atoms with van der Waals surface area (Å²) in [5.41, 5.74) is 0. The summed E-state index contributed by atoms with van der Waals surface area (Å²) in [4.78, 5) is 19.4. The zero-order valence-electron chi connectivity index (χ0n) is 7.50. The van der Waals surface area contributed by atoms with Gasteiger partial charge in [-0.25, -0.2) is 0 Å². The molecule has 0 heterocycles. The molecule has 0 aromatic rings. The Bertz CT molecular complexity index is 172. The number of hydrogen-bond acceptors (Lipinski definition) is 2. The summed E-state index contributed by atoms with van der Waals surface area (Å²) in [6.07, 6.45) is 0. The average molecular weight is 398 g/mol. The van der Waals surface area contributed by atoms with Gasteiger partial charge in [-0.3, -0.25) is 9.59 Å². The second-order valence-electron chi connectivity index (χ2n) is 1.92. The predicted molar refractivity (Wildman–Crippen MR) is 56.0 cm³/mol. The summed E-state index contributed by atoms with van der Waals surface area (Å²) in [7, 11) is 0. The fourth-order valence-corrected chi connectivity index (χ4v) is 0.396. The Morgan fingerprint density at radius 1 is 0.933 bits per heavy atom. The van der Waals surface area contributed by atoms with Crippen LogP contribution < -0.4 is 0 Å². The minimum Gasteiger partial charge on any atom is -0.480 e. The molecular formula is C6H8CdCl4O4. The van der Waals surface area contributed by atoms with E-state index < -0.39 is 22.7 Å². The van der Waals surface area contributed by atoms with Crippen molar-refractivity contribution in [1.82, 2.24) is 0 Å². The Kier molecular flexibility index (Phi) is 18.6. The van der Waals surface area contributed by atoms with Crippen molar-refractivity contribution in [3.05, 3.63) is 0 Å². The molecule has 4 nitrogen and oxygen atoms in total. The van der Waals surface area contributed by atoms with Gasteiger partial charge in [-0.2, -0.15) is 0 Å². The molecule has 2 atom stereocenters. The molecule has 0 aliphatic carbocycles. The zero-order chi connectivity index (χ0) is 11.7. The summed E-state index contributed by atoms with van der Waals surface area (Å²) >= 11 is 20.2. The first kappa shape index (κ1) is 21.3. The van der Waals surface area contributed by atoms with E-state index in [9.17, 15) is 9.59 Å². The summed E-state index contributed by atoms with van der Waals surface area (Å²) in [5.74, 6) is -2.23. The molecule has 0 saturated carbocycles. The van der Waals surface area contributed by atoms with E-state index >= 15 is 0 Å². The normalized spacial score (nSPS) is 12.5. The number of hydrogen-bond donors (Lipinski definition) is 2. The fourth-order valence-electron chi connectivity index (χ4n) is 0.132. The number of carbonyl (C=O) groups is 2. The van der Waals surface area contributed by atoms with Gasteiger partial charge in [-0.15, -0.1) is 46.4 Å². The summed E-state index contributed by atoms with van der Waals surface area (Å²) in [6.45, 7) is 0. The number of aliphatic carboxylic acids is 2. The number of carboxylic acid groups (broad SMARTS) is 2. The number of halogens is 4. The number of rotatable bonds is 4. The van der Waals surface area contributed by atoms with E-state index in [1.165, 1.54) is 0 Å². The van der Waals surface area contributed by atoms with Crippen molar-refractivity contribution in [2.75, 3.05) is 11.8 Å². The molecular weight excluding hydrogens is 390 g/mol. The summed E-state index contributed by atoms with van der Waals surface area (Å²) in [5, 5.41) is 14.0. The molecule has 0 aliphatic heterocycles. The van der Waals surface area contributed by atoms with Gasteiger partial charge in [0.25, 0.3) is 0 Å². The van der Waals surface area contributed by atoms with Crippen LogP contribution in [0.5, 0.6) is 0 Å². The summed E-state index contributed by atoms with van der Waals surface area (Å²) < 4.78 is 0. The van der Waals surface area contributed by atoms with Crippen molar-refractivity contribution < 1.29 is 47.1 Å². The fraction of sp³-hybridized carbons (Fsp3) is 0.667. The molecule has 0 radical (unpaired) electrons. The van der Waals surface area contributed by atoms with Crippen molar-refractivity contribution in [1.29, 1.82) is 0 Å². The quantitative estimate of drug-likeness (QED) is 0.560. The standard InChI is InChI=1S/2C3H4Cl2O2.Cd/c2*4-1-2(5)3(6)7;/h2*2H,1H2,(H,6,7);. The SMILES string of the molecule is O=C(O)C(Cl)CCl.O=C(O)C(Cl)CCl.[Cd]. The summed E-state index contributed by atoms with van der Waals surface area (Å²) in [6, 6.07) is 0. The number of carboxylic acids is 2. The van der Waals surface area contributed by atoms with Gasteiger partial charge in [-0.1, -0.05) is 0 Å². The van der Waals surface area contributed by atoms with Crippen LogP contribution >= 0.6 is 46.4 Å². The largest absolute Gasteiger partial charge is 0.480 e. The van der Waals surface area contributed by atoms with Crippen molar-refractivity contribution in [2.45, 2.75) is 10.8 Å². The van der Waals surface area contributed by atoms with Gasteiger partial charge >= 0.3 is 11.9 Å². The molecule has 0 amide bonds. The van der Waals surface area contributed by atoms with E-state index in [1.807, 2.05) is 0 Å². The maximum atomic E-state index is 9.71. The van der Waals surface area contributed by atoms with E-state index in [4.69, 9.17) is 56.6 Å². The van der Waals surface area contributed by atoms with Crippen LogP contribution in [-0.2, 0) is 36.9 Å². The van der Waals surface area contributed by atoms with Gasteiger partial charge in [-0.05, 0) is 0 Å². The Hall–Kier alpha value is 1.02. The Balaban J connectivity index is -0.000000180. The molecule has 0 spiro atoms. The van der Waals surface area contributed by atoms with Crippen LogP contribution in [0, 0.1) is 0 Å². The van der Waals surface area contributed by atoms with Gasteiger partial charge in [0.05, 0.1) is 0 Å². The number of alkyl halides is 4. The van der Waals surface area contributed by atoms with Crippen molar-refractivity contribution in [3.63, 3.8) is 0 Å². The minimum atomic E-state index is -1.07. The van der Waals surface area contributed by atoms with Crippen LogP contribution in [0.25, 0.3) is 0 Å². The third-order valence-corrected chi connectivity index (χ3v) is 2.42. The van der Waals surface area contributed by atoms with Gasteiger partial charge in [0.15, 0.2) is 0 Å². The average Bonchev–Trinajstić information content (AvgIpc) is 2.15. The van der Waals surface area contributed by atoms with E-state index in [2.05, 4.69) is 0 Å². The molecule has 2 unspecified atom stereocenters. The van der Waals surface area contributed by atoms with Crippen molar-refractivity contribution >= 4 is 58.3 Å². The van der Waals surface area contributed by atoms with Crippen LogP contribution in [0.2, 0.25) is 0 Å². The third-order valence-electron chi connectivity index (χ3n) is 0.807. The maximum Gasteiger partial charge on any atom is 0.322 e. The van der Waals surface area contributed by atoms with E-state index in [-0.39, 0.29) is 39.1 Å². The Morgan fingerprint density at radius 2 is 1.13 bits per heavy atom. The van der Waals surface area contributed by atoms with E-state index in [0.29, 0.717) is 0 Å². The second-order valence-corrected chi connectivity index (χ2v) is 3.59. The van der Waals surface area contributed by atoms with Crippen LogP contribution in [0.4, 0.5) is 0 Å². The Morgan fingerprint density at radius 3 is 1.13 bits per heavy atom. The van der Waals surface area contributed by atoms with Gasteiger partial charge in [0.1, 0.15) is 10.8 Å². The first-order valence-corrected chi connectivity index (χ1v) is 5.16. The first-order valence-electron chi connectivity index (χ1n) is 3.22. The molecule has 9 heteroatoms. The smallest absolute Gasteiger partial charge is 0.322 e. The molecule has 86 valence electrons. The Labute approximate surface area is 127 Å². The molecule has 0 saturated heterocycles. The van der Waals surface area contributed by atoms with Crippen LogP contribution in [0.1, 0.15) is 0 Å². The van der Waals surface area contributed by atoms with Crippen molar-refractivity contribution in [3.8, 4) is 0 Å². The van der Waals surface area contributed by atoms with Crippen molar-refractivity contribution in [2.24, 2.45) is 0 Å². The second kappa shape index (κ2) is 13.1. The molecule has 0 aliphatic rings. The predicted octanol–water partition coefficient (Wildman–Crippen LogP) is 1.83. The van der Waals surface area contributed by atoms with E-state index in [0.717, 1.165) is 0 Å². The van der Waals surface area contributed by atoms with Crippen LogP contribution in [0.15, 0.2) is 0 Å². The first-order chi connectivity index (χ1) is 6.36. The maximum absolute atomic E-state index is 9.71. The van der Waals surface area contributed by atoms with Crippen LogP contribution in [0.3, 0.4) is 0 Å². The third kappa shape index (κ3) is 15.0. The van der Waals surface area contributed by atoms with Gasteiger partial charge < -0.3 is 10.2 Å². The molecule has 0 fully saturated rings. The molecule has 2 N–H and O–H groups in total. The monoisotopic (exact) mass is 398 g/mol. The molecule has 0 rings (SSSR count). The van der Waals surface area contributed by atoms with E-state index in [1.54, 1.807) is 0 Å². The molecule has 15 heavy (non-hydrogen) atoms. The topological polar surface area (TPSA) is 74.6 Å². The minimum absolute atomic E-state index is 0. The molecule has 0 bridgehead atoms. The van der Waals surface area contributed by atoms with Crippen LogP contribution in [-0.4, -0.2) is 44.7 Å². The molecule has 0 aromatic heterocycles.